The highest BCUT2D eigenvalue weighted by molar-refractivity contribution is 7.89. The molecule has 0 unspecified atom stereocenters. The van der Waals surface area contributed by atoms with E-state index < -0.39 is 16.1 Å². The molecule has 7 heteroatoms. The maximum atomic E-state index is 12.0. The Bertz CT molecular complexity index is 558. The van der Waals surface area contributed by atoms with Crippen LogP contribution in [-0.2, 0) is 14.8 Å². The third-order valence-electron chi connectivity index (χ3n) is 2.71. The van der Waals surface area contributed by atoms with Crippen LogP contribution in [0.15, 0.2) is 29.2 Å². The highest BCUT2D eigenvalue weighted by Gasteiger charge is 2.20. The summed E-state index contributed by atoms with van der Waals surface area (Å²) in [5, 5.41) is 2.58. The summed E-state index contributed by atoms with van der Waals surface area (Å²) in [6.45, 7) is 3.90. The quantitative estimate of drug-likeness (QED) is 0.700. The molecule has 0 aliphatic carbocycles. The molecule has 112 valence electrons. The predicted octanol–water partition coefficient (Wildman–Crippen LogP) is 1.05. The number of nitrogens with two attached hydrogens (primary N) is 1. The summed E-state index contributed by atoms with van der Waals surface area (Å²) in [5.74, 6) is -0.383. The van der Waals surface area contributed by atoms with Gasteiger partial charge in [0.05, 0.1) is 11.7 Å². The minimum Gasteiger partial charge on any atom is -0.324 e. The number of carbonyl (C=O) groups is 1. The molecule has 0 saturated carbocycles. The molecule has 0 aromatic heterocycles. The third-order valence-corrected chi connectivity index (χ3v) is 4.31. The first kappa shape index (κ1) is 16.6. The fourth-order valence-corrected chi connectivity index (χ4v) is 2.94. The Morgan fingerprint density at radius 3 is 2.55 bits per heavy atom. The van der Waals surface area contributed by atoms with Crippen molar-refractivity contribution >= 4 is 21.6 Å². The smallest absolute Gasteiger partial charge is 0.242 e. The van der Waals surface area contributed by atoms with Crippen LogP contribution in [0.4, 0.5) is 5.69 Å². The van der Waals surface area contributed by atoms with Crippen molar-refractivity contribution in [3.63, 3.8) is 0 Å². The van der Waals surface area contributed by atoms with Gasteiger partial charge in [0, 0.05) is 6.54 Å². The first-order valence-corrected chi connectivity index (χ1v) is 8.05. The monoisotopic (exact) mass is 299 g/mol. The van der Waals surface area contributed by atoms with Gasteiger partial charge in [0.25, 0.3) is 0 Å². The van der Waals surface area contributed by atoms with Crippen molar-refractivity contribution in [2.45, 2.75) is 37.6 Å². The Hall–Kier alpha value is -1.44. The van der Waals surface area contributed by atoms with E-state index in [0.29, 0.717) is 6.42 Å². The van der Waals surface area contributed by atoms with E-state index in [1.165, 1.54) is 6.07 Å². The summed E-state index contributed by atoms with van der Waals surface area (Å²) in [6.07, 6.45) is 1.33. The molecule has 4 N–H and O–H groups in total. The zero-order valence-corrected chi connectivity index (χ0v) is 12.5. The van der Waals surface area contributed by atoms with Gasteiger partial charge in [-0.3, -0.25) is 4.79 Å². The minimum atomic E-state index is -3.63. The number of amides is 1. The van der Waals surface area contributed by atoms with Crippen molar-refractivity contribution in [2.24, 2.45) is 5.73 Å². The topological polar surface area (TPSA) is 101 Å². The zero-order valence-electron chi connectivity index (χ0n) is 11.7. The summed E-state index contributed by atoms with van der Waals surface area (Å²) in [4.78, 5) is 11.9. The third kappa shape index (κ3) is 4.29. The highest BCUT2D eigenvalue weighted by Crippen LogP contribution is 2.20. The maximum Gasteiger partial charge on any atom is 0.242 e. The lowest BCUT2D eigenvalue weighted by Gasteiger charge is -2.14. The second-order valence-electron chi connectivity index (χ2n) is 4.38. The summed E-state index contributed by atoms with van der Waals surface area (Å²) in [5.41, 5.74) is 5.96. The summed E-state index contributed by atoms with van der Waals surface area (Å²) >= 11 is 0. The minimum absolute atomic E-state index is 0.0406. The molecular formula is C13H21N3O3S. The van der Waals surface area contributed by atoms with Crippen LogP contribution >= 0.6 is 0 Å². The van der Waals surface area contributed by atoms with Crippen LogP contribution < -0.4 is 15.8 Å². The van der Waals surface area contributed by atoms with E-state index in [9.17, 15) is 13.2 Å². The molecule has 0 aliphatic heterocycles. The number of hydrogen-bond donors (Lipinski definition) is 3. The Labute approximate surface area is 119 Å². The maximum absolute atomic E-state index is 12.0. The van der Waals surface area contributed by atoms with Crippen molar-refractivity contribution in [1.29, 1.82) is 0 Å². The molecule has 0 spiro atoms. The second kappa shape index (κ2) is 7.37. The second-order valence-corrected chi connectivity index (χ2v) is 6.12. The van der Waals surface area contributed by atoms with E-state index in [4.69, 9.17) is 5.73 Å². The molecule has 0 saturated heterocycles. The average Bonchev–Trinajstić information content (AvgIpc) is 2.39. The number of benzene rings is 1. The van der Waals surface area contributed by atoms with Gasteiger partial charge >= 0.3 is 0 Å². The molecule has 1 rings (SSSR count). The summed E-state index contributed by atoms with van der Waals surface area (Å²) in [7, 11) is -3.63. The van der Waals surface area contributed by atoms with Gasteiger partial charge < -0.3 is 11.1 Å². The van der Waals surface area contributed by atoms with Crippen molar-refractivity contribution in [3.05, 3.63) is 24.3 Å². The van der Waals surface area contributed by atoms with E-state index in [1.54, 1.807) is 25.1 Å². The molecule has 20 heavy (non-hydrogen) atoms. The number of hydrogen-bond acceptors (Lipinski definition) is 4. The zero-order chi connectivity index (χ0) is 15.2. The summed E-state index contributed by atoms with van der Waals surface area (Å²) < 4.78 is 26.5. The number of para-hydroxylation sites is 1. The Kier molecular flexibility index (Phi) is 6.12. The molecule has 6 nitrogen and oxygen atoms in total. The standard InChI is InChI=1S/C13H21N3O3S/c1-3-7-10(14)13(17)16-11-8-5-6-9-12(11)20(18,19)15-4-2/h5-6,8-10,15H,3-4,7,14H2,1-2H3,(H,16,17)/t10-/m0/s1. The van der Waals surface area contributed by atoms with Gasteiger partial charge in [-0.15, -0.1) is 0 Å². The molecule has 0 fully saturated rings. The number of sulfonamides is 1. The van der Waals surface area contributed by atoms with Crippen LogP contribution in [0.3, 0.4) is 0 Å². The molecule has 1 atom stereocenters. The van der Waals surface area contributed by atoms with Crippen LogP contribution in [0.1, 0.15) is 26.7 Å². The average molecular weight is 299 g/mol. The van der Waals surface area contributed by atoms with E-state index in [-0.39, 0.29) is 23.0 Å². The lowest BCUT2D eigenvalue weighted by atomic mass is 10.1. The summed E-state index contributed by atoms with van der Waals surface area (Å²) in [6, 6.07) is 5.60. The van der Waals surface area contributed by atoms with Crippen molar-refractivity contribution in [3.8, 4) is 0 Å². The van der Waals surface area contributed by atoms with Gasteiger partial charge in [0.15, 0.2) is 0 Å². The van der Waals surface area contributed by atoms with Crippen LogP contribution in [0.2, 0.25) is 0 Å². The molecule has 0 aliphatic rings. The van der Waals surface area contributed by atoms with E-state index in [0.717, 1.165) is 6.42 Å². The largest absolute Gasteiger partial charge is 0.324 e. The van der Waals surface area contributed by atoms with Crippen molar-refractivity contribution in [2.75, 3.05) is 11.9 Å². The molecular weight excluding hydrogens is 278 g/mol. The van der Waals surface area contributed by atoms with Gasteiger partial charge in [0.1, 0.15) is 4.90 Å². The fraction of sp³-hybridized carbons (Fsp3) is 0.462. The molecule has 1 amide bonds. The van der Waals surface area contributed by atoms with Gasteiger partial charge in [-0.05, 0) is 18.6 Å². The number of nitrogens with one attached hydrogen (secondary N) is 2. The Balaban J connectivity index is 3.00. The van der Waals surface area contributed by atoms with Crippen molar-refractivity contribution < 1.29 is 13.2 Å². The Morgan fingerprint density at radius 1 is 1.30 bits per heavy atom. The highest BCUT2D eigenvalue weighted by atomic mass is 32.2. The van der Waals surface area contributed by atoms with Crippen molar-refractivity contribution in [1.82, 2.24) is 4.72 Å². The number of anilines is 1. The lowest BCUT2D eigenvalue weighted by Crippen LogP contribution is -2.36. The SMILES string of the molecule is CCC[C@H](N)C(=O)Nc1ccccc1S(=O)(=O)NCC. The van der Waals surface area contributed by atoms with Crippen LogP contribution in [-0.4, -0.2) is 26.9 Å². The number of carbonyl (C=O) groups excluding carboxylic acids is 1. The van der Waals surface area contributed by atoms with Crippen LogP contribution in [0, 0.1) is 0 Å². The van der Waals surface area contributed by atoms with Gasteiger partial charge in [0.2, 0.25) is 15.9 Å². The van der Waals surface area contributed by atoms with Gasteiger partial charge in [-0.1, -0.05) is 32.4 Å². The molecule has 0 heterocycles. The molecule has 1 aromatic carbocycles. The van der Waals surface area contributed by atoms with E-state index in [1.807, 2.05) is 6.92 Å². The molecule has 0 bridgehead atoms. The first-order chi connectivity index (χ1) is 9.42. The van der Waals surface area contributed by atoms with Gasteiger partial charge in [-0.2, -0.15) is 0 Å². The Morgan fingerprint density at radius 2 is 1.95 bits per heavy atom. The van der Waals surface area contributed by atoms with Gasteiger partial charge in [-0.25, -0.2) is 13.1 Å². The van der Waals surface area contributed by atoms with E-state index in [2.05, 4.69) is 10.0 Å². The first-order valence-electron chi connectivity index (χ1n) is 6.57. The number of rotatable bonds is 7. The van der Waals surface area contributed by atoms with E-state index >= 15 is 0 Å². The molecule has 1 aromatic rings. The molecule has 0 radical (unpaired) electrons. The normalized spacial score (nSPS) is 12.9. The van der Waals surface area contributed by atoms with Crippen LogP contribution in [0.25, 0.3) is 0 Å². The predicted molar refractivity (Wildman–Crippen MR) is 78.8 cm³/mol. The fourth-order valence-electron chi connectivity index (χ4n) is 1.74. The lowest BCUT2D eigenvalue weighted by molar-refractivity contribution is -0.117. The van der Waals surface area contributed by atoms with Crippen LogP contribution in [0.5, 0.6) is 0 Å².